The molecule has 2 heterocycles. The molecule has 2 fully saturated rings. The van der Waals surface area contributed by atoms with E-state index in [0.29, 0.717) is 12.5 Å². The van der Waals surface area contributed by atoms with Gasteiger partial charge in [0.05, 0.1) is 13.0 Å². The van der Waals surface area contributed by atoms with Crippen LogP contribution in [-0.4, -0.2) is 35.2 Å². The fourth-order valence-corrected chi connectivity index (χ4v) is 4.01. The molecule has 0 amide bonds. The highest BCUT2D eigenvalue weighted by Gasteiger charge is 2.50. The number of hydrogen-bond donors (Lipinski definition) is 1. The van der Waals surface area contributed by atoms with Gasteiger partial charge in [-0.3, -0.25) is 9.69 Å². The molecular formula is C16H20FNO3. The summed E-state index contributed by atoms with van der Waals surface area (Å²) >= 11 is 0. The van der Waals surface area contributed by atoms with Crippen LogP contribution in [0.5, 0.6) is 5.75 Å². The molecule has 0 saturated carbocycles. The topological polar surface area (TPSA) is 49.8 Å². The van der Waals surface area contributed by atoms with Crippen LogP contribution in [0.3, 0.4) is 0 Å². The van der Waals surface area contributed by atoms with Crippen LogP contribution >= 0.6 is 0 Å². The molecule has 2 bridgehead atoms. The first-order valence-corrected chi connectivity index (χ1v) is 7.36. The first-order valence-electron chi connectivity index (χ1n) is 7.36. The van der Waals surface area contributed by atoms with Crippen molar-refractivity contribution in [2.24, 2.45) is 5.92 Å². The molecule has 21 heavy (non-hydrogen) atoms. The molecule has 2 aliphatic rings. The summed E-state index contributed by atoms with van der Waals surface area (Å²) in [5.41, 5.74) is 0.872. The summed E-state index contributed by atoms with van der Waals surface area (Å²) < 4.78 is 18.8. The molecule has 0 aliphatic carbocycles. The number of hydrogen-bond acceptors (Lipinski definition) is 3. The van der Waals surface area contributed by atoms with Crippen LogP contribution < -0.4 is 4.74 Å². The van der Waals surface area contributed by atoms with Crippen molar-refractivity contribution in [3.05, 3.63) is 29.6 Å². The number of ether oxygens (including phenoxy) is 1. The van der Waals surface area contributed by atoms with Gasteiger partial charge in [0.2, 0.25) is 0 Å². The summed E-state index contributed by atoms with van der Waals surface area (Å²) in [6, 6.07) is 5.39. The van der Waals surface area contributed by atoms with Crippen molar-refractivity contribution < 1.29 is 19.0 Å². The monoisotopic (exact) mass is 293 g/mol. The van der Waals surface area contributed by atoms with Crippen molar-refractivity contribution in [1.82, 2.24) is 4.90 Å². The number of nitrogens with zero attached hydrogens (tertiary/aromatic N) is 1. The minimum Gasteiger partial charge on any atom is -0.494 e. The van der Waals surface area contributed by atoms with E-state index in [9.17, 15) is 14.3 Å². The Bertz CT molecular complexity index is 562. The van der Waals surface area contributed by atoms with E-state index in [4.69, 9.17) is 4.74 Å². The highest BCUT2D eigenvalue weighted by atomic mass is 19.1. The van der Waals surface area contributed by atoms with Crippen LogP contribution in [0.1, 0.15) is 37.8 Å². The molecule has 4 atom stereocenters. The number of carbonyl (C=O) groups is 1. The first kappa shape index (κ1) is 14.3. The lowest BCUT2D eigenvalue weighted by atomic mass is 9.89. The number of carboxylic acids is 1. The maximum Gasteiger partial charge on any atom is 0.308 e. The predicted octanol–water partition coefficient (Wildman–Crippen LogP) is 2.83. The van der Waals surface area contributed by atoms with Gasteiger partial charge in [0.1, 0.15) is 0 Å². The molecule has 1 aromatic rings. The Hall–Kier alpha value is -1.62. The molecule has 3 rings (SSSR count). The molecule has 114 valence electrons. The SMILES string of the molecule is COc1ccc(C(C)N2C3CCC2C(C(=O)O)C3)cc1F. The van der Waals surface area contributed by atoms with Crippen LogP contribution in [0.4, 0.5) is 4.39 Å². The number of benzene rings is 1. The normalized spacial score (nSPS) is 29.6. The third-order valence-corrected chi connectivity index (χ3v) is 5.01. The van der Waals surface area contributed by atoms with Crippen molar-refractivity contribution in [3.8, 4) is 5.75 Å². The predicted molar refractivity (Wildman–Crippen MR) is 75.8 cm³/mol. The summed E-state index contributed by atoms with van der Waals surface area (Å²) in [6.07, 6.45) is 2.67. The molecule has 0 aromatic heterocycles. The van der Waals surface area contributed by atoms with Gasteiger partial charge in [0.15, 0.2) is 11.6 Å². The molecule has 5 heteroatoms. The Kier molecular flexibility index (Phi) is 3.61. The average molecular weight is 293 g/mol. The Morgan fingerprint density at radius 2 is 2.24 bits per heavy atom. The van der Waals surface area contributed by atoms with E-state index in [1.54, 1.807) is 6.07 Å². The van der Waals surface area contributed by atoms with Gasteiger partial charge in [0.25, 0.3) is 0 Å². The van der Waals surface area contributed by atoms with E-state index >= 15 is 0 Å². The minimum absolute atomic E-state index is 0.0206. The molecule has 2 saturated heterocycles. The summed E-state index contributed by atoms with van der Waals surface area (Å²) in [4.78, 5) is 13.6. The number of rotatable bonds is 4. The van der Waals surface area contributed by atoms with Gasteiger partial charge >= 0.3 is 5.97 Å². The maximum absolute atomic E-state index is 13.9. The average Bonchev–Trinajstić information content (AvgIpc) is 3.04. The summed E-state index contributed by atoms with van der Waals surface area (Å²) in [6.45, 7) is 2.02. The van der Waals surface area contributed by atoms with Gasteiger partial charge in [-0.1, -0.05) is 6.07 Å². The smallest absolute Gasteiger partial charge is 0.308 e. The lowest BCUT2D eigenvalue weighted by Gasteiger charge is -2.30. The van der Waals surface area contributed by atoms with E-state index in [-0.39, 0.29) is 29.6 Å². The number of methoxy groups -OCH3 is 1. The van der Waals surface area contributed by atoms with E-state index in [2.05, 4.69) is 4.90 Å². The van der Waals surface area contributed by atoms with Gasteiger partial charge in [-0.25, -0.2) is 4.39 Å². The number of carboxylic acid groups (broad SMARTS) is 1. The highest BCUT2D eigenvalue weighted by molar-refractivity contribution is 5.71. The van der Waals surface area contributed by atoms with Crippen molar-refractivity contribution in [1.29, 1.82) is 0 Å². The fraction of sp³-hybridized carbons (Fsp3) is 0.562. The van der Waals surface area contributed by atoms with Gasteiger partial charge in [-0.2, -0.15) is 0 Å². The van der Waals surface area contributed by atoms with E-state index < -0.39 is 5.97 Å². The molecule has 1 N–H and O–H groups in total. The van der Waals surface area contributed by atoms with Crippen molar-refractivity contribution in [2.75, 3.05) is 7.11 Å². The molecule has 0 spiro atoms. The highest BCUT2D eigenvalue weighted by Crippen LogP contribution is 2.46. The Balaban J connectivity index is 1.84. The quantitative estimate of drug-likeness (QED) is 0.927. The molecule has 1 aromatic carbocycles. The van der Waals surface area contributed by atoms with Crippen molar-refractivity contribution in [2.45, 2.75) is 44.3 Å². The third-order valence-electron chi connectivity index (χ3n) is 5.01. The Morgan fingerprint density at radius 3 is 2.81 bits per heavy atom. The fourth-order valence-electron chi connectivity index (χ4n) is 4.01. The van der Waals surface area contributed by atoms with Gasteiger partial charge in [-0.15, -0.1) is 0 Å². The van der Waals surface area contributed by atoms with Crippen LogP contribution in [0, 0.1) is 11.7 Å². The zero-order chi connectivity index (χ0) is 15.1. The van der Waals surface area contributed by atoms with Crippen LogP contribution in [0.25, 0.3) is 0 Å². The number of halogens is 1. The zero-order valence-electron chi connectivity index (χ0n) is 12.3. The van der Waals surface area contributed by atoms with Crippen LogP contribution in [0.15, 0.2) is 18.2 Å². The molecule has 2 aliphatic heterocycles. The summed E-state index contributed by atoms with van der Waals surface area (Å²) in [5, 5.41) is 9.31. The number of fused-ring (bicyclic) bond motifs is 2. The van der Waals surface area contributed by atoms with Gasteiger partial charge in [-0.05, 0) is 43.9 Å². The molecule has 4 unspecified atom stereocenters. The van der Waals surface area contributed by atoms with E-state index in [0.717, 1.165) is 18.4 Å². The molecular weight excluding hydrogens is 273 g/mol. The van der Waals surface area contributed by atoms with Crippen LogP contribution in [0.2, 0.25) is 0 Å². The Morgan fingerprint density at radius 1 is 1.48 bits per heavy atom. The second-order valence-corrected chi connectivity index (χ2v) is 6.00. The van der Waals surface area contributed by atoms with Crippen LogP contribution in [-0.2, 0) is 4.79 Å². The van der Waals surface area contributed by atoms with Crippen molar-refractivity contribution >= 4 is 5.97 Å². The van der Waals surface area contributed by atoms with Gasteiger partial charge < -0.3 is 9.84 Å². The number of aliphatic carboxylic acids is 1. The molecule has 4 nitrogen and oxygen atoms in total. The third kappa shape index (κ3) is 2.29. The summed E-state index contributed by atoms with van der Waals surface area (Å²) in [7, 11) is 1.44. The Labute approximate surface area is 123 Å². The largest absolute Gasteiger partial charge is 0.494 e. The lowest BCUT2D eigenvalue weighted by Crippen LogP contribution is -2.35. The first-order chi connectivity index (χ1) is 10.0. The summed E-state index contributed by atoms with van der Waals surface area (Å²) in [5.74, 6) is -1.13. The maximum atomic E-state index is 13.9. The lowest BCUT2D eigenvalue weighted by molar-refractivity contribution is -0.142. The minimum atomic E-state index is -0.708. The van der Waals surface area contributed by atoms with E-state index in [1.165, 1.54) is 13.2 Å². The van der Waals surface area contributed by atoms with E-state index in [1.807, 2.05) is 13.0 Å². The second kappa shape index (κ2) is 5.30. The standard InChI is InChI=1S/C16H20FNO3/c1-9(10-3-6-15(21-2)13(17)7-10)18-11-4-5-14(18)12(8-11)16(19)20/h3,6-7,9,11-12,14H,4-5,8H2,1-2H3,(H,19,20). The van der Waals surface area contributed by atoms with Gasteiger partial charge in [0, 0.05) is 18.1 Å². The second-order valence-electron chi connectivity index (χ2n) is 6.00. The zero-order valence-corrected chi connectivity index (χ0v) is 12.3. The van der Waals surface area contributed by atoms with Crippen molar-refractivity contribution in [3.63, 3.8) is 0 Å². The molecule has 0 radical (unpaired) electrons.